The number of hydrogen-bond acceptors (Lipinski definition) is 3. The van der Waals surface area contributed by atoms with Crippen molar-refractivity contribution in [1.82, 2.24) is 0 Å². The molecule has 0 spiro atoms. The first-order valence-corrected chi connectivity index (χ1v) is 8.45. The smallest absolute Gasteiger partial charge is 0.256 e. The number of amides is 1. The lowest BCUT2D eigenvalue weighted by molar-refractivity contribution is 0.102. The Hall–Kier alpha value is -2.04. The van der Waals surface area contributed by atoms with E-state index in [9.17, 15) is 9.90 Å². The predicted molar refractivity (Wildman–Crippen MR) is 96.9 cm³/mol. The minimum atomic E-state index is -0.139. The first kappa shape index (κ1) is 17.3. The molecule has 0 saturated heterocycles. The monoisotopic (exact) mass is 327 g/mol. The molecule has 120 valence electrons. The molecule has 0 aromatic heterocycles. The van der Waals surface area contributed by atoms with Crippen LogP contribution in [-0.2, 0) is 6.61 Å². The molecule has 0 aliphatic rings. The molecule has 2 aromatic rings. The van der Waals surface area contributed by atoms with Crippen molar-refractivity contribution in [3.8, 4) is 0 Å². The maximum atomic E-state index is 12.5. The standard InChI is InChI=1S/C19H21NO2S/c1-14(2)10-11-23-18-9-4-3-8-17(18)19(22)20-16-7-5-6-15(12-16)13-21/h3-10,12,21H,11,13H2,1-2H3,(H,20,22). The molecule has 3 nitrogen and oxygen atoms in total. The molecule has 0 aliphatic carbocycles. The average Bonchev–Trinajstić information content (AvgIpc) is 2.55. The first-order chi connectivity index (χ1) is 11.1. The zero-order valence-electron chi connectivity index (χ0n) is 13.4. The molecule has 2 aromatic carbocycles. The predicted octanol–water partition coefficient (Wildman–Crippen LogP) is 4.49. The summed E-state index contributed by atoms with van der Waals surface area (Å²) >= 11 is 1.64. The molecule has 0 bridgehead atoms. The fourth-order valence-corrected chi connectivity index (χ4v) is 3.11. The van der Waals surface area contributed by atoms with Gasteiger partial charge in [0.25, 0.3) is 5.91 Å². The van der Waals surface area contributed by atoms with Crippen molar-refractivity contribution in [2.75, 3.05) is 11.1 Å². The lowest BCUT2D eigenvalue weighted by Crippen LogP contribution is -2.13. The summed E-state index contributed by atoms with van der Waals surface area (Å²) in [6, 6.07) is 14.8. The number of aliphatic hydroxyl groups excluding tert-OH is 1. The molecule has 1 amide bonds. The van der Waals surface area contributed by atoms with Crippen LogP contribution in [0.3, 0.4) is 0 Å². The SMILES string of the molecule is CC(C)=CCSc1ccccc1C(=O)Nc1cccc(CO)c1. The second-order valence-corrected chi connectivity index (χ2v) is 6.46. The van der Waals surface area contributed by atoms with E-state index in [4.69, 9.17) is 0 Å². The van der Waals surface area contributed by atoms with Crippen LogP contribution in [0.4, 0.5) is 5.69 Å². The number of rotatable bonds is 6. The van der Waals surface area contributed by atoms with E-state index in [1.165, 1.54) is 5.57 Å². The molecular weight excluding hydrogens is 306 g/mol. The quantitative estimate of drug-likeness (QED) is 0.607. The van der Waals surface area contributed by atoms with Gasteiger partial charge in [0, 0.05) is 16.3 Å². The van der Waals surface area contributed by atoms with E-state index in [1.807, 2.05) is 42.5 Å². The molecule has 0 saturated carbocycles. The topological polar surface area (TPSA) is 49.3 Å². The lowest BCUT2D eigenvalue weighted by atomic mass is 10.2. The zero-order valence-corrected chi connectivity index (χ0v) is 14.2. The second-order valence-electron chi connectivity index (χ2n) is 5.40. The minimum Gasteiger partial charge on any atom is -0.392 e. The molecule has 0 unspecified atom stereocenters. The van der Waals surface area contributed by atoms with Gasteiger partial charge in [0.2, 0.25) is 0 Å². The average molecular weight is 327 g/mol. The Morgan fingerprint density at radius 3 is 2.70 bits per heavy atom. The molecule has 0 atom stereocenters. The number of thioether (sulfide) groups is 1. The van der Waals surface area contributed by atoms with E-state index in [0.29, 0.717) is 11.3 Å². The Kier molecular flexibility index (Phi) is 6.44. The van der Waals surface area contributed by atoms with Crippen molar-refractivity contribution in [3.63, 3.8) is 0 Å². The highest BCUT2D eigenvalue weighted by Gasteiger charge is 2.11. The zero-order chi connectivity index (χ0) is 16.7. The van der Waals surface area contributed by atoms with Crippen molar-refractivity contribution in [3.05, 3.63) is 71.3 Å². The van der Waals surface area contributed by atoms with Gasteiger partial charge in [0.1, 0.15) is 0 Å². The number of allylic oxidation sites excluding steroid dienone is 1. The molecule has 23 heavy (non-hydrogen) atoms. The Labute approximate surface area is 141 Å². The second kappa shape index (κ2) is 8.56. The van der Waals surface area contributed by atoms with Crippen LogP contribution < -0.4 is 5.32 Å². The van der Waals surface area contributed by atoms with Crippen LogP contribution in [0.15, 0.2) is 65.1 Å². The Morgan fingerprint density at radius 2 is 1.96 bits per heavy atom. The number of nitrogens with one attached hydrogen (secondary N) is 1. The van der Waals surface area contributed by atoms with Crippen molar-refractivity contribution in [1.29, 1.82) is 0 Å². The largest absolute Gasteiger partial charge is 0.392 e. The molecule has 0 fully saturated rings. The summed E-state index contributed by atoms with van der Waals surface area (Å²) in [6.07, 6.45) is 2.14. The highest BCUT2D eigenvalue weighted by Crippen LogP contribution is 2.24. The van der Waals surface area contributed by atoms with Crippen LogP contribution in [0, 0.1) is 0 Å². The van der Waals surface area contributed by atoms with Crippen molar-refractivity contribution >= 4 is 23.4 Å². The van der Waals surface area contributed by atoms with Gasteiger partial charge in [-0.3, -0.25) is 4.79 Å². The molecule has 2 rings (SSSR count). The molecule has 0 radical (unpaired) electrons. The highest BCUT2D eigenvalue weighted by atomic mass is 32.2. The Balaban J connectivity index is 2.13. The van der Waals surface area contributed by atoms with Crippen LogP contribution >= 0.6 is 11.8 Å². The van der Waals surface area contributed by atoms with E-state index >= 15 is 0 Å². The number of carbonyl (C=O) groups is 1. The number of aliphatic hydroxyl groups is 1. The maximum Gasteiger partial charge on any atom is 0.256 e. The van der Waals surface area contributed by atoms with Crippen LogP contribution in [0.25, 0.3) is 0 Å². The van der Waals surface area contributed by atoms with Crippen molar-refractivity contribution in [2.24, 2.45) is 0 Å². The summed E-state index contributed by atoms with van der Waals surface area (Å²) in [7, 11) is 0. The van der Waals surface area contributed by atoms with E-state index in [2.05, 4.69) is 25.2 Å². The molecule has 0 aliphatic heterocycles. The summed E-state index contributed by atoms with van der Waals surface area (Å²) in [5.41, 5.74) is 3.38. The first-order valence-electron chi connectivity index (χ1n) is 7.46. The van der Waals surface area contributed by atoms with Crippen molar-refractivity contribution in [2.45, 2.75) is 25.3 Å². The summed E-state index contributed by atoms with van der Waals surface area (Å²) in [6.45, 7) is 4.08. The number of benzene rings is 2. The molecule has 0 heterocycles. The van der Waals surface area contributed by atoms with Gasteiger partial charge in [-0.05, 0) is 43.7 Å². The van der Waals surface area contributed by atoms with Crippen LogP contribution in [0.5, 0.6) is 0 Å². The summed E-state index contributed by atoms with van der Waals surface area (Å²) in [4.78, 5) is 13.5. The van der Waals surface area contributed by atoms with Gasteiger partial charge in [-0.1, -0.05) is 35.9 Å². The minimum absolute atomic E-state index is 0.0428. The summed E-state index contributed by atoms with van der Waals surface area (Å²) < 4.78 is 0. The Morgan fingerprint density at radius 1 is 1.17 bits per heavy atom. The van der Waals surface area contributed by atoms with E-state index in [0.717, 1.165) is 16.2 Å². The summed E-state index contributed by atoms with van der Waals surface area (Å²) in [5.74, 6) is 0.701. The maximum absolute atomic E-state index is 12.5. The highest BCUT2D eigenvalue weighted by molar-refractivity contribution is 7.99. The van der Waals surface area contributed by atoms with Gasteiger partial charge in [0.05, 0.1) is 12.2 Å². The normalized spacial score (nSPS) is 10.2. The molecule has 4 heteroatoms. The van der Waals surface area contributed by atoms with Gasteiger partial charge in [-0.2, -0.15) is 0 Å². The third-order valence-corrected chi connectivity index (χ3v) is 4.23. The lowest BCUT2D eigenvalue weighted by Gasteiger charge is -2.10. The fraction of sp³-hybridized carbons (Fsp3) is 0.211. The number of carbonyl (C=O) groups excluding carboxylic acids is 1. The van der Waals surface area contributed by atoms with Gasteiger partial charge in [-0.15, -0.1) is 11.8 Å². The molecular formula is C19H21NO2S. The van der Waals surface area contributed by atoms with Gasteiger partial charge in [0.15, 0.2) is 0 Å². The third kappa shape index (κ3) is 5.27. The van der Waals surface area contributed by atoms with Crippen LogP contribution in [0.2, 0.25) is 0 Å². The number of hydrogen-bond donors (Lipinski definition) is 2. The Bertz CT molecular complexity index is 706. The third-order valence-electron chi connectivity index (χ3n) is 3.23. The fourth-order valence-electron chi connectivity index (χ4n) is 2.02. The summed E-state index contributed by atoms with van der Waals surface area (Å²) in [5, 5.41) is 12.1. The van der Waals surface area contributed by atoms with Crippen LogP contribution in [-0.4, -0.2) is 16.8 Å². The van der Waals surface area contributed by atoms with E-state index in [-0.39, 0.29) is 12.5 Å². The van der Waals surface area contributed by atoms with Crippen molar-refractivity contribution < 1.29 is 9.90 Å². The van der Waals surface area contributed by atoms with Gasteiger partial charge >= 0.3 is 0 Å². The van der Waals surface area contributed by atoms with E-state index < -0.39 is 0 Å². The van der Waals surface area contributed by atoms with Gasteiger partial charge in [-0.25, -0.2) is 0 Å². The van der Waals surface area contributed by atoms with Crippen LogP contribution in [0.1, 0.15) is 29.8 Å². The van der Waals surface area contributed by atoms with Gasteiger partial charge < -0.3 is 10.4 Å². The molecule has 2 N–H and O–H groups in total. The van der Waals surface area contributed by atoms with E-state index in [1.54, 1.807) is 17.8 Å². The number of anilines is 1.